The molecule has 2 unspecified atom stereocenters. The number of thioether (sulfide) groups is 1. The molecule has 1 fully saturated rings. The van der Waals surface area contributed by atoms with Gasteiger partial charge >= 0.3 is 12.0 Å². The Morgan fingerprint density at radius 3 is 2.90 bits per heavy atom. The van der Waals surface area contributed by atoms with Crippen molar-refractivity contribution in [3.05, 3.63) is 5.82 Å². The molecule has 2 heterocycles. The SMILES string of the molecule is CC(C)C1SCC(C(=O)O)N1C(=O)NCc1nn[nH]n1. The van der Waals surface area contributed by atoms with Gasteiger partial charge in [-0.1, -0.05) is 19.1 Å². The number of rotatable bonds is 4. The van der Waals surface area contributed by atoms with E-state index in [2.05, 4.69) is 25.9 Å². The van der Waals surface area contributed by atoms with Crippen molar-refractivity contribution in [3.63, 3.8) is 0 Å². The molecule has 3 N–H and O–H groups in total. The van der Waals surface area contributed by atoms with Gasteiger partial charge < -0.3 is 10.4 Å². The molecule has 0 spiro atoms. The predicted octanol–water partition coefficient (Wildman–Crippen LogP) is -0.107. The first-order chi connectivity index (χ1) is 9.50. The molecule has 1 saturated heterocycles. The number of urea groups is 1. The molecule has 0 bridgehead atoms. The van der Waals surface area contributed by atoms with Gasteiger partial charge in [0.2, 0.25) is 0 Å². The van der Waals surface area contributed by atoms with Gasteiger partial charge in [0, 0.05) is 5.75 Å². The van der Waals surface area contributed by atoms with Crippen LogP contribution in [0.1, 0.15) is 19.7 Å². The van der Waals surface area contributed by atoms with Crippen LogP contribution in [0.5, 0.6) is 0 Å². The highest BCUT2D eigenvalue weighted by Crippen LogP contribution is 2.33. The minimum absolute atomic E-state index is 0.105. The molecule has 2 atom stereocenters. The molecule has 1 aromatic heterocycles. The van der Waals surface area contributed by atoms with Crippen LogP contribution in [0.3, 0.4) is 0 Å². The molecule has 1 aliphatic rings. The molecule has 1 aromatic rings. The van der Waals surface area contributed by atoms with E-state index in [1.807, 2.05) is 13.8 Å². The molecule has 0 aromatic carbocycles. The van der Waals surface area contributed by atoms with Crippen molar-refractivity contribution >= 4 is 23.8 Å². The molecule has 0 radical (unpaired) electrons. The largest absolute Gasteiger partial charge is 0.480 e. The van der Waals surface area contributed by atoms with Gasteiger partial charge in [0.15, 0.2) is 5.82 Å². The Morgan fingerprint density at radius 2 is 2.35 bits per heavy atom. The number of aromatic nitrogens is 4. The molecular formula is C10H16N6O3S. The maximum absolute atomic E-state index is 12.2. The fraction of sp³-hybridized carbons (Fsp3) is 0.700. The average molecular weight is 300 g/mol. The van der Waals surface area contributed by atoms with Crippen molar-refractivity contribution in [2.75, 3.05) is 5.75 Å². The van der Waals surface area contributed by atoms with Gasteiger partial charge in [-0.2, -0.15) is 5.21 Å². The third kappa shape index (κ3) is 3.00. The number of carboxylic acids is 1. The maximum atomic E-state index is 12.2. The van der Waals surface area contributed by atoms with Crippen molar-refractivity contribution in [2.24, 2.45) is 5.92 Å². The van der Waals surface area contributed by atoms with Crippen molar-refractivity contribution < 1.29 is 14.7 Å². The lowest BCUT2D eigenvalue weighted by molar-refractivity contribution is -0.141. The summed E-state index contributed by atoms with van der Waals surface area (Å²) in [6.45, 7) is 4.02. The first-order valence-electron chi connectivity index (χ1n) is 6.13. The van der Waals surface area contributed by atoms with E-state index in [9.17, 15) is 14.7 Å². The van der Waals surface area contributed by atoms with Crippen LogP contribution in [0.2, 0.25) is 0 Å². The smallest absolute Gasteiger partial charge is 0.327 e. The van der Waals surface area contributed by atoms with E-state index in [-0.39, 0.29) is 17.8 Å². The second-order valence-corrected chi connectivity index (χ2v) is 5.87. The third-order valence-corrected chi connectivity index (χ3v) is 4.53. The number of nitrogens with one attached hydrogen (secondary N) is 2. The van der Waals surface area contributed by atoms with Crippen LogP contribution in [-0.2, 0) is 11.3 Å². The number of aliphatic carboxylic acids is 1. The Labute approximate surface area is 119 Å². The molecule has 1 aliphatic heterocycles. The van der Waals surface area contributed by atoms with E-state index in [0.717, 1.165) is 0 Å². The standard InChI is InChI=1S/C10H16N6O3S/c1-5(2)8-16(6(4-20-8)9(17)18)10(19)11-3-7-12-14-15-13-7/h5-6,8H,3-4H2,1-2H3,(H,11,19)(H,17,18)(H,12,13,14,15). The Balaban J connectivity index is 2.04. The minimum atomic E-state index is -0.990. The molecular weight excluding hydrogens is 284 g/mol. The van der Waals surface area contributed by atoms with Crippen LogP contribution in [0.15, 0.2) is 0 Å². The fourth-order valence-electron chi connectivity index (χ4n) is 1.99. The highest BCUT2D eigenvalue weighted by Gasteiger charge is 2.42. The summed E-state index contributed by atoms with van der Waals surface area (Å²) in [6.07, 6.45) is 0. The van der Waals surface area contributed by atoms with Crippen molar-refractivity contribution in [1.82, 2.24) is 30.8 Å². The zero-order valence-corrected chi connectivity index (χ0v) is 11.9. The molecule has 110 valence electrons. The summed E-state index contributed by atoms with van der Waals surface area (Å²) in [5.41, 5.74) is 0. The highest BCUT2D eigenvalue weighted by molar-refractivity contribution is 8.00. The second-order valence-electron chi connectivity index (χ2n) is 4.72. The van der Waals surface area contributed by atoms with Gasteiger partial charge in [0.1, 0.15) is 6.04 Å². The summed E-state index contributed by atoms with van der Waals surface area (Å²) < 4.78 is 0. The summed E-state index contributed by atoms with van der Waals surface area (Å²) in [4.78, 5) is 24.9. The average Bonchev–Trinajstić information content (AvgIpc) is 3.04. The summed E-state index contributed by atoms with van der Waals surface area (Å²) in [5, 5.41) is 24.8. The van der Waals surface area contributed by atoms with Gasteiger partial charge in [-0.15, -0.1) is 22.0 Å². The van der Waals surface area contributed by atoms with Gasteiger partial charge in [0.05, 0.1) is 11.9 Å². The second kappa shape index (κ2) is 6.07. The van der Waals surface area contributed by atoms with E-state index in [0.29, 0.717) is 11.6 Å². The van der Waals surface area contributed by atoms with Crippen molar-refractivity contribution in [2.45, 2.75) is 31.8 Å². The lowest BCUT2D eigenvalue weighted by Gasteiger charge is -2.29. The fourth-order valence-corrected chi connectivity index (χ4v) is 3.46. The summed E-state index contributed by atoms with van der Waals surface area (Å²) in [5.74, 6) is -0.0813. The molecule has 0 aliphatic carbocycles. The number of carbonyl (C=O) groups excluding carboxylic acids is 1. The van der Waals surface area contributed by atoms with Crippen LogP contribution in [0.25, 0.3) is 0 Å². The number of hydrogen-bond acceptors (Lipinski definition) is 6. The lowest BCUT2D eigenvalue weighted by atomic mass is 10.2. The summed E-state index contributed by atoms with van der Waals surface area (Å²) >= 11 is 1.48. The van der Waals surface area contributed by atoms with E-state index in [1.54, 1.807) is 0 Å². The van der Waals surface area contributed by atoms with E-state index in [1.165, 1.54) is 16.7 Å². The van der Waals surface area contributed by atoms with Crippen LogP contribution in [0.4, 0.5) is 4.79 Å². The van der Waals surface area contributed by atoms with Crippen molar-refractivity contribution in [1.29, 1.82) is 0 Å². The number of aromatic amines is 1. The highest BCUT2D eigenvalue weighted by atomic mass is 32.2. The Hall–Kier alpha value is -1.84. The number of nitrogens with zero attached hydrogens (tertiary/aromatic N) is 4. The third-order valence-electron chi connectivity index (χ3n) is 2.91. The van der Waals surface area contributed by atoms with Crippen LogP contribution < -0.4 is 5.32 Å². The monoisotopic (exact) mass is 300 g/mol. The van der Waals surface area contributed by atoms with Crippen LogP contribution in [0, 0.1) is 5.92 Å². The van der Waals surface area contributed by atoms with Crippen molar-refractivity contribution in [3.8, 4) is 0 Å². The molecule has 2 amide bonds. The topological polar surface area (TPSA) is 124 Å². The first kappa shape index (κ1) is 14.6. The van der Waals surface area contributed by atoms with Gasteiger partial charge in [-0.3, -0.25) is 4.90 Å². The molecule has 20 heavy (non-hydrogen) atoms. The molecule has 2 rings (SSSR count). The van der Waals surface area contributed by atoms with E-state index < -0.39 is 18.0 Å². The zero-order chi connectivity index (χ0) is 14.7. The van der Waals surface area contributed by atoms with Crippen LogP contribution in [-0.4, -0.2) is 59.8 Å². The Kier molecular flexibility index (Phi) is 4.42. The molecule has 0 saturated carbocycles. The Morgan fingerprint density at radius 1 is 1.60 bits per heavy atom. The quantitative estimate of drug-likeness (QED) is 0.708. The number of hydrogen-bond donors (Lipinski definition) is 3. The first-order valence-corrected chi connectivity index (χ1v) is 7.18. The zero-order valence-electron chi connectivity index (χ0n) is 11.1. The lowest BCUT2D eigenvalue weighted by Crippen LogP contribution is -2.51. The minimum Gasteiger partial charge on any atom is -0.480 e. The number of amides is 2. The molecule has 10 heteroatoms. The van der Waals surface area contributed by atoms with Crippen LogP contribution >= 0.6 is 11.8 Å². The number of H-pyrrole nitrogens is 1. The maximum Gasteiger partial charge on any atom is 0.327 e. The number of carboxylic acid groups (broad SMARTS) is 1. The summed E-state index contributed by atoms with van der Waals surface area (Å²) in [7, 11) is 0. The Bertz CT molecular complexity index is 479. The number of tetrazole rings is 1. The van der Waals surface area contributed by atoms with E-state index >= 15 is 0 Å². The predicted molar refractivity (Wildman–Crippen MR) is 70.8 cm³/mol. The van der Waals surface area contributed by atoms with E-state index in [4.69, 9.17) is 0 Å². The van der Waals surface area contributed by atoms with Gasteiger partial charge in [-0.05, 0) is 5.92 Å². The van der Waals surface area contributed by atoms with Gasteiger partial charge in [-0.25, -0.2) is 9.59 Å². The summed E-state index contributed by atoms with van der Waals surface area (Å²) in [6, 6.07) is -1.23. The number of carbonyl (C=O) groups is 2. The molecule has 9 nitrogen and oxygen atoms in total. The normalized spacial score (nSPS) is 22.2. The van der Waals surface area contributed by atoms with Gasteiger partial charge in [0.25, 0.3) is 0 Å².